The summed E-state index contributed by atoms with van der Waals surface area (Å²) in [6.07, 6.45) is 0.160. The molecule has 0 aliphatic rings. The Labute approximate surface area is 91.9 Å². The highest BCUT2D eigenvalue weighted by atomic mass is 19.2. The van der Waals surface area contributed by atoms with Gasteiger partial charge in [-0.3, -0.25) is 4.79 Å². The molecule has 0 radical (unpaired) electrons. The van der Waals surface area contributed by atoms with E-state index in [2.05, 4.69) is 0 Å². The van der Waals surface area contributed by atoms with Crippen molar-refractivity contribution in [3.05, 3.63) is 35.4 Å². The Morgan fingerprint density at radius 2 is 2.06 bits per heavy atom. The number of hydrogen-bond donors (Lipinski definition) is 2. The zero-order valence-corrected chi connectivity index (χ0v) is 8.84. The molecule has 0 heterocycles. The molecule has 0 amide bonds. The van der Waals surface area contributed by atoms with Gasteiger partial charge in [0.15, 0.2) is 11.6 Å². The van der Waals surface area contributed by atoms with Crippen molar-refractivity contribution in [2.24, 2.45) is 5.73 Å². The van der Waals surface area contributed by atoms with Crippen molar-refractivity contribution >= 4 is 5.97 Å². The first-order valence-corrected chi connectivity index (χ1v) is 4.81. The summed E-state index contributed by atoms with van der Waals surface area (Å²) in [6.45, 7) is 1.59. The van der Waals surface area contributed by atoms with Crippen LogP contribution in [-0.2, 0) is 10.2 Å². The molecular weight excluding hydrogens is 216 g/mol. The van der Waals surface area contributed by atoms with Crippen molar-refractivity contribution in [2.45, 2.75) is 18.8 Å². The molecule has 88 valence electrons. The number of nitrogens with two attached hydrogens (primary N) is 1. The molecule has 1 aromatic rings. The summed E-state index contributed by atoms with van der Waals surface area (Å²) < 4.78 is 25.7. The van der Waals surface area contributed by atoms with Gasteiger partial charge in [0.05, 0.1) is 5.41 Å². The van der Waals surface area contributed by atoms with Crippen LogP contribution in [0.3, 0.4) is 0 Å². The number of carboxylic acids is 1. The van der Waals surface area contributed by atoms with E-state index in [1.807, 2.05) is 0 Å². The predicted molar refractivity (Wildman–Crippen MR) is 55.0 cm³/mol. The molecule has 0 aromatic heterocycles. The summed E-state index contributed by atoms with van der Waals surface area (Å²) >= 11 is 0. The second-order valence-corrected chi connectivity index (χ2v) is 3.80. The van der Waals surface area contributed by atoms with Crippen LogP contribution in [-0.4, -0.2) is 17.6 Å². The number of benzene rings is 1. The second-order valence-electron chi connectivity index (χ2n) is 3.80. The molecule has 16 heavy (non-hydrogen) atoms. The minimum atomic E-state index is -1.29. The highest BCUT2D eigenvalue weighted by molar-refractivity contribution is 5.80. The number of aliphatic carboxylic acids is 1. The standard InChI is InChI=1S/C11H13F2NO2/c1-11(4-5-14,10(15)16)7-2-3-8(12)9(13)6-7/h2-3,6H,4-5,14H2,1H3,(H,15,16). The van der Waals surface area contributed by atoms with E-state index >= 15 is 0 Å². The maximum Gasteiger partial charge on any atom is 0.313 e. The third-order valence-electron chi connectivity index (χ3n) is 2.67. The molecule has 0 aliphatic carbocycles. The Morgan fingerprint density at radius 1 is 1.44 bits per heavy atom. The van der Waals surface area contributed by atoms with Crippen molar-refractivity contribution in [1.82, 2.24) is 0 Å². The molecule has 3 nitrogen and oxygen atoms in total. The number of carbonyl (C=O) groups is 1. The Morgan fingerprint density at radius 3 is 2.50 bits per heavy atom. The van der Waals surface area contributed by atoms with Crippen LogP contribution in [0.2, 0.25) is 0 Å². The molecule has 1 atom stereocenters. The van der Waals surface area contributed by atoms with Crippen molar-refractivity contribution < 1.29 is 18.7 Å². The average Bonchev–Trinajstić information content (AvgIpc) is 2.22. The van der Waals surface area contributed by atoms with Gasteiger partial charge in [-0.05, 0) is 37.6 Å². The lowest BCUT2D eigenvalue weighted by Gasteiger charge is -2.24. The van der Waals surface area contributed by atoms with E-state index in [-0.39, 0.29) is 18.5 Å². The van der Waals surface area contributed by atoms with E-state index in [1.54, 1.807) is 0 Å². The Hall–Kier alpha value is -1.49. The molecular formula is C11H13F2NO2. The summed E-state index contributed by atoms with van der Waals surface area (Å²) in [5.74, 6) is -3.16. The lowest BCUT2D eigenvalue weighted by atomic mass is 9.79. The van der Waals surface area contributed by atoms with Gasteiger partial charge in [-0.25, -0.2) is 8.78 Å². The van der Waals surface area contributed by atoms with Crippen LogP contribution in [0, 0.1) is 11.6 Å². The molecule has 0 spiro atoms. The third kappa shape index (κ3) is 2.19. The molecule has 1 unspecified atom stereocenters. The lowest BCUT2D eigenvalue weighted by molar-refractivity contribution is -0.143. The molecule has 0 fully saturated rings. The van der Waals surface area contributed by atoms with Gasteiger partial charge in [0.2, 0.25) is 0 Å². The van der Waals surface area contributed by atoms with Crippen LogP contribution in [0.5, 0.6) is 0 Å². The summed E-state index contributed by atoms with van der Waals surface area (Å²) in [7, 11) is 0. The summed E-state index contributed by atoms with van der Waals surface area (Å²) in [5.41, 5.74) is 4.25. The Balaban J connectivity index is 3.21. The predicted octanol–water partition coefficient (Wildman–Crippen LogP) is 1.66. The second kappa shape index (κ2) is 4.57. The fourth-order valence-electron chi connectivity index (χ4n) is 1.50. The quantitative estimate of drug-likeness (QED) is 0.825. The number of carboxylic acid groups (broad SMARTS) is 1. The van der Waals surface area contributed by atoms with Gasteiger partial charge >= 0.3 is 5.97 Å². The topological polar surface area (TPSA) is 63.3 Å². The molecule has 1 rings (SSSR count). The fraction of sp³-hybridized carbons (Fsp3) is 0.364. The highest BCUT2D eigenvalue weighted by Crippen LogP contribution is 2.28. The van der Waals surface area contributed by atoms with Crippen LogP contribution in [0.1, 0.15) is 18.9 Å². The van der Waals surface area contributed by atoms with Gasteiger partial charge in [0.1, 0.15) is 0 Å². The smallest absolute Gasteiger partial charge is 0.313 e. The van der Waals surface area contributed by atoms with Crippen molar-refractivity contribution in [2.75, 3.05) is 6.54 Å². The lowest BCUT2D eigenvalue weighted by Crippen LogP contribution is -2.34. The molecule has 0 aliphatic heterocycles. The molecule has 5 heteroatoms. The number of hydrogen-bond acceptors (Lipinski definition) is 2. The number of rotatable bonds is 4. The van der Waals surface area contributed by atoms with E-state index in [0.29, 0.717) is 0 Å². The molecule has 0 bridgehead atoms. The maximum atomic E-state index is 13.0. The molecule has 3 N–H and O–H groups in total. The van der Waals surface area contributed by atoms with Gasteiger partial charge in [-0.2, -0.15) is 0 Å². The van der Waals surface area contributed by atoms with Gasteiger partial charge in [0, 0.05) is 0 Å². The van der Waals surface area contributed by atoms with Crippen LogP contribution < -0.4 is 5.73 Å². The Bertz CT molecular complexity index is 409. The van der Waals surface area contributed by atoms with E-state index in [0.717, 1.165) is 12.1 Å². The van der Waals surface area contributed by atoms with E-state index in [9.17, 15) is 13.6 Å². The Kier molecular flexibility index (Phi) is 3.59. The van der Waals surface area contributed by atoms with Crippen molar-refractivity contribution in [3.63, 3.8) is 0 Å². The van der Waals surface area contributed by atoms with E-state index in [1.165, 1.54) is 13.0 Å². The first kappa shape index (κ1) is 12.6. The van der Waals surface area contributed by atoms with Gasteiger partial charge in [0.25, 0.3) is 0 Å². The van der Waals surface area contributed by atoms with Crippen LogP contribution >= 0.6 is 0 Å². The van der Waals surface area contributed by atoms with Gasteiger partial charge in [-0.15, -0.1) is 0 Å². The molecule has 0 saturated carbocycles. The zero-order chi connectivity index (χ0) is 12.3. The van der Waals surface area contributed by atoms with E-state index < -0.39 is 23.0 Å². The number of halogens is 2. The SMILES string of the molecule is CC(CCN)(C(=O)O)c1ccc(F)c(F)c1. The largest absolute Gasteiger partial charge is 0.481 e. The third-order valence-corrected chi connectivity index (χ3v) is 2.67. The zero-order valence-electron chi connectivity index (χ0n) is 8.84. The first-order chi connectivity index (χ1) is 7.41. The van der Waals surface area contributed by atoms with Gasteiger partial charge in [-0.1, -0.05) is 6.07 Å². The summed E-state index contributed by atoms with van der Waals surface area (Å²) in [6, 6.07) is 3.09. The summed E-state index contributed by atoms with van der Waals surface area (Å²) in [4.78, 5) is 11.1. The minimum absolute atomic E-state index is 0.155. The molecule has 1 aromatic carbocycles. The van der Waals surface area contributed by atoms with Gasteiger partial charge < -0.3 is 10.8 Å². The van der Waals surface area contributed by atoms with E-state index in [4.69, 9.17) is 10.8 Å². The van der Waals surface area contributed by atoms with Crippen LogP contribution in [0.4, 0.5) is 8.78 Å². The first-order valence-electron chi connectivity index (χ1n) is 4.81. The minimum Gasteiger partial charge on any atom is -0.481 e. The normalized spacial score (nSPS) is 14.5. The monoisotopic (exact) mass is 229 g/mol. The molecule has 0 saturated heterocycles. The van der Waals surface area contributed by atoms with Crippen LogP contribution in [0.15, 0.2) is 18.2 Å². The summed E-state index contributed by atoms with van der Waals surface area (Å²) in [5, 5.41) is 9.11. The van der Waals surface area contributed by atoms with Crippen molar-refractivity contribution in [3.8, 4) is 0 Å². The fourth-order valence-corrected chi connectivity index (χ4v) is 1.50. The average molecular weight is 229 g/mol. The highest BCUT2D eigenvalue weighted by Gasteiger charge is 2.34. The van der Waals surface area contributed by atoms with Crippen molar-refractivity contribution in [1.29, 1.82) is 0 Å². The maximum absolute atomic E-state index is 13.0. The van der Waals surface area contributed by atoms with Crippen LogP contribution in [0.25, 0.3) is 0 Å².